The molecule has 0 fully saturated rings. The van der Waals surface area contributed by atoms with Gasteiger partial charge in [0.2, 0.25) is 0 Å². The van der Waals surface area contributed by atoms with E-state index in [1.807, 2.05) is 6.92 Å². The molecule has 0 aliphatic heterocycles. The third-order valence-corrected chi connectivity index (χ3v) is 3.75. The largest absolute Gasteiger partial charge is 0.496 e. The van der Waals surface area contributed by atoms with E-state index in [4.69, 9.17) is 14.2 Å². The van der Waals surface area contributed by atoms with Crippen LogP contribution in [0.2, 0.25) is 0 Å². The number of methoxy groups -OCH3 is 3. The molecular formula is C18H24N4O4. The minimum Gasteiger partial charge on any atom is -0.496 e. The molecule has 2 aromatic rings. The van der Waals surface area contributed by atoms with Crippen molar-refractivity contribution in [3.63, 3.8) is 0 Å². The molecule has 0 aliphatic rings. The van der Waals surface area contributed by atoms with Crippen LogP contribution >= 0.6 is 0 Å². The van der Waals surface area contributed by atoms with Gasteiger partial charge < -0.3 is 19.5 Å². The van der Waals surface area contributed by atoms with E-state index in [1.165, 1.54) is 4.68 Å². The lowest BCUT2D eigenvalue weighted by molar-refractivity contribution is 0.0945. The van der Waals surface area contributed by atoms with Gasteiger partial charge in [-0.3, -0.25) is 14.5 Å². The maximum absolute atomic E-state index is 12.3. The lowest BCUT2D eigenvalue weighted by atomic mass is 10.2. The summed E-state index contributed by atoms with van der Waals surface area (Å²) in [5.41, 5.74) is 1.56. The van der Waals surface area contributed by atoms with Crippen LogP contribution in [0.15, 0.2) is 23.3 Å². The average molecular weight is 360 g/mol. The van der Waals surface area contributed by atoms with E-state index in [-0.39, 0.29) is 5.91 Å². The number of carbonyl (C=O) groups excluding carboxylic acids is 1. The Balaban J connectivity index is 2.37. The number of nitrogens with one attached hydrogen (secondary N) is 1. The zero-order valence-electron chi connectivity index (χ0n) is 15.7. The van der Waals surface area contributed by atoms with Crippen LogP contribution in [0, 0.1) is 0 Å². The van der Waals surface area contributed by atoms with Crippen LogP contribution in [-0.4, -0.2) is 49.8 Å². The van der Waals surface area contributed by atoms with E-state index in [0.29, 0.717) is 40.7 Å². The second-order valence-corrected chi connectivity index (χ2v) is 5.47. The fraction of sp³-hybridized carbons (Fsp3) is 0.389. The lowest BCUT2D eigenvalue weighted by Gasteiger charge is -2.11. The van der Waals surface area contributed by atoms with Crippen LogP contribution in [0.4, 0.5) is 5.69 Å². The molecule has 0 aliphatic carbocycles. The molecule has 26 heavy (non-hydrogen) atoms. The molecule has 8 nitrogen and oxygen atoms in total. The summed E-state index contributed by atoms with van der Waals surface area (Å²) in [6.45, 7) is 2.59. The van der Waals surface area contributed by atoms with Crippen molar-refractivity contribution in [3.05, 3.63) is 29.6 Å². The molecule has 1 heterocycles. The normalized spacial score (nSPS) is 10.8. The van der Waals surface area contributed by atoms with Gasteiger partial charge in [0.15, 0.2) is 17.2 Å². The van der Waals surface area contributed by atoms with Crippen molar-refractivity contribution in [2.45, 2.75) is 13.3 Å². The van der Waals surface area contributed by atoms with Crippen molar-refractivity contribution in [1.29, 1.82) is 0 Å². The summed E-state index contributed by atoms with van der Waals surface area (Å²) in [4.78, 5) is 16.7. The van der Waals surface area contributed by atoms with Crippen molar-refractivity contribution >= 4 is 17.8 Å². The Hall–Kier alpha value is -3.03. The first-order chi connectivity index (χ1) is 12.5. The zero-order chi connectivity index (χ0) is 19.1. The van der Waals surface area contributed by atoms with Gasteiger partial charge in [-0.1, -0.05) is 6.92 Å². The highest BCUT2D eigenvalue weighted by atomic mass is 16.5. The van der Waals surface area contributed by atoms with Crippen LogP contribution in [0.5, 0.6) is 17.2 Å². The molecule has 0 radical (unpaired) electrons. The van der Waals surface area contributed by atoms with Gasteiger partial charge in [-0.2, -0.15) is 5.10 Å². The third kappa shape index (κ3) is 4.14. The van der Waals surface area contributed by atoms with Gasteiger partial charge in [-0.15, -0.1) is 0 Å². The molecule has 0 atom stereocenters. The van der Waals surface area contributed by atoms with Crippen molar-refractivity contribution in [2.75, 3.05) is 27.9 Å². The summed E-state index contributed by atoms with van der Waals surface area (Å²) >= 11 is 0. The highest BCUT2D eigenvalue weighted by Crippen LogP contribution is 2.34. The van der Waals surface area contributed by atoms with E-state index >= 15 is 0 Å². The smallest absolute Gasteiger partial charge is 0.271 e. The molecule has 1 N–H and O–H groups in total. The van der Waals surface area contributed by atoms with Gasteiger partial charge in [0, 0.05) is 31.4 Å². The predicted octanol–water partition coefficient (Wildman–Crippen LogP) is 2.34. The Bertz CT molecular complexity index is 799. The third-order valence-electron chi connectivity index (χ3n) is 3.75. The van der Waals surface area contributed by atoms with Crippen molar-refractivity contribution < 1.29 is 19.0 Å². The first-order valence-electron chi connectivity index (χ1n) is 8.19. The number of amides is 1. The van der Waals surface area contributed by atoms with Crippen LogP contribution in [0.3, 0.4) is 0 Å². The Morgan fingerprint density at radius 3 is 2.46 bits per heavy atom. The quantitative estimate of drug-likeness (QED) is 0.730. The molecule has 0 bridgehead atoms. The van der Waals surface area contributed by atoms with Gasteiger partial charge in [0.1, 0.15) is 11.4 Å². The number of rotatable bonds is 8. The molecule has 0 saturated carbocycles. The summed E-state index contributed by atoms with van der Waals surface area (Å²) < 4.78 is 17.5. The SMILES string of the molecule is CCCNC(=O)c1c(N=Cc2cc(OC)c(OC)cc2OC)cnn1C. The van der Waals surface area contributed by atoms with E-state index in [1.54, 1.807) is 52.9 Å². The second kappa shape index (κ2) is 8.89. The zero-order valence-corrected chi connectivity index (χ0v) is 15.7. The monoisotopic (exact) mass is 360 g/mol. The number of benzene rings is 1. The fourth-order valence-corrected chi connectivity index (χ4v) is 2.40. The Morgan fingerprint density at radius 1 is 1.19 bits per heavy atom. The Morgan fingerprint density at radius 2 is 1.85 bits per heavy atom. The number of aliphatic imine (C=N–C) groups is 1. The van der Waals surface area contributed by atoms with Crippen molar-refractivity contribution in [3.8, 4) is 17.2 Å². The number of nitrogens with zero attached hydrogens (tertiary/aromatic N) is 3. The molecule has 0 saturated heterocycles. The van der Waals surface area contributed by atoms with E-state index in [9.17, 15) is 4.79 Å². The number of aromatic nitrogens is 2. The Labute approximate surface area is 152 Å². The topological polar surface area (TPSA) is 87.0 Å². The highest BCUT2D eigenvalue weighted by Gasteiger charge is 2.16. The van der Waals surface area contributed by atoms with Crippen LogP contribution in [0.1, 0.15) is 29.4 Å². The molecule has 0 spiro atoms. The van der Waals surface area contributed by atoms with E-state index < -0.39 is 0 Å². The minimum atomic E-state index is -0.210. The van der Waals surface area contributed by atoms with Crippen molar-refractivity contribution in [1.82, 2.24) is 15.1 Å². The fourth-order valence-electron chi connectivity index (χ4n) is 2.40. The number of ether oxygens (including phenoxy) is 3. The van der Waals surface area contributed by atoms with Gasteiger partial charge in [0.25, 0.3) is 5.91 Å². The van der Waals surface area contributed by atoms with Gasteiger partial charge in [-0.05, 0) is 12.5 Å². The standard InChI is InChI=1S/C18H24N4O4/c1-6-7-19-18(23)17-13(11-21-22(17)2)20-10-12-8-15(25-4)16(26-5)9-14(12)24-3/h8-11H,6-7H2,1-5H3,(H,19,23). The summed E-state index contributed by atoms with van der Waals surface area (Å²) in [6.07, 6.45) is 4.00. The highest BCUT2D eigenvalue weighted by molar-refractivity contribution is 5.98. The van der Waals surface area contributed by atoms with E-state index in [0.717, 1.165) is 6.42 Å². The van der Waals surface area contributed by atoms with Crippen molar-refractivity contribution in [2.24, 2.45) is 12.0 Å². The molecule has 1 amide bonds. The predicted molar refractivity (Wildman–Crippen MR) is 99.2 cm³/mol. The maximum Gasteiger partial charge on any atom is 0.271 e. The summed E-state index contributed by atoms with van der Waals surface area (Å²) in [5.74, 6) is 1.48. The number of hydrogen-bond acceptors (Lipinski definition) is 6. The summed E-state index contributed by atoms with van der Waals surface area (Å²) in [6, 6.07) is 3.48. The first-order valence-corrected chi connectivity index (χ1v) is 8.19. The minimum absolute atomic E-state index is 0.210. The number of aryl methyl sites for hydroxylation is 1. The molecule has 1 aromatic heterocycles. The number of hydrogen-bond donors (Lipinski definition) is 1. The molecule has 140 valence electrons. The van der Waals surface area contributed by atoms with Crippen LogP contribution < -0.4 is 19.5 Å². The molecule has 2 rings (SSSR count). The molecule has 1 aromatic carbocycles. The Kier molecular flexibility index (Phi) is 6.60. The number of carbonyl (C=O) groups is 1. The van der Waals surface area contributed by atoms with Crippen LogP contribution in [0.25, 0.3) is 0 Å². The van der Waals surface area contributed by atoms with Gasteiger partial charge in [0.05, 0.1) is 27.5 Å². The summed E-state index contributed by atoms with van der Waals surface area (Å²) in [5, 5.41) is 6.96. The molecular weight excluding hydrogens is 336 g/mol. The van der Waals surface area contributed by atoms with Crippen LogP contribution in [-0.2, 0) is 7.05 Å². The second-order valence-electron chi connectivity index (χ2n) is 5.47. The molecule has 0 unspecified atom stereocenters. The van der Waals surface area contributed by atoms with E-state index in [2.05, 4.69) is 15.4 Å². The molecule has 8 heteroatoms. The first kappa shape index (κ1) is 19.3. The average Bonchev–Trinajstić information content (AvgIpc) is 3.04. The van der Waals surface area contributed by atoms with Gasteiger partial charge >= 0.3 is 0 Å². The summed E-state index contributed by atoms with van der Waals surface area (Å²) in [7, 11) is 6.38. The maximum atomic E-state index is 12.3. The lowest BCUT2D eigenvalue weighted by Crippen LogP contribution is -2.26. The van der Waals surface area contributed by atoms with Gasteiger partial charge in [-0.25, -0.2) is 0 Å².